The number of anilines is 1. The van der Waals surface area contributed by atoms with Gasteiger partial charge >= 0.3 is 0 Å². The van der Waals surface area contributed by atoms with E-state index in [1.54, 1.807) is 11.8 Å². The molecule has 1 spiro atoms. The Balaban J connectivity index is 2.10. The van der Waals surface area contributed by atoms with E-state index in [9.17, 15) is 9.59 Å². The van der Waals surface area contributed by atoms with Gasteiger partial charge in [0.15, 0.2) is 0 Å². The highest BCUT2D eigenvalue weighted by Gasteiger charge is 2.51. The zero-order valence-corrected chi connectivity index (χ0v) is 14.8. The molecule has 1 N–H and O–H groups in total. The molecule has 1 saturated heterocycles. The number of nitrogens with one attached hydrogen (secondary N) is 1. The van der Waals surface area contributed by atoms with Crippen LogP contribution in [0.4, 0.5) is 5.69 Å². The van der Waals surface area contributed by atoms with Crippen LogP contribution in [-0.4, -0.2) is 23.4 Å². The highest BCUT2D eigenvalue weighted by molar-refractivity contribution is 9.11. The van der Waals surface area contributed by atoms with Gasteiger partial charge in [0.2, 0.25) is 5.91 Å². The van der Waals surface area contributed by atoms with E-state index in [-0.39, 0.29) is 11.8 Å². The first-order valence-electron chi connectivity index (χ1n) is 7.06. The molecule has 1 aromatic rings. The Hall–Kier alpha value is -0.880. The zero-order valence-electron chi connectivity index (χ0n) is 11.7. The van der Waals surface area contributed by atoms with Crippen LogP contribution < -0.4 is 10.2 Å². The molecule has 21 heavy (non-hydrogen) atoms. The van der Waals surface area contributed by atoms with E-state index in [1.165, 1.54) is 0 Å². The van der Waals surface area contributed by atoms with Crippen molar-refractivity contribution in [1.29, 1.82) is 0 Å². The van der Waals surface area contributed by atoms with E-state index >= 15 is 0 Å². The van der Waals surface area contributed by atoms with E-state index < -0.39 is 11.6 Å². The summed E-state index contributed by atoms with van der Waals surface area (Å²) in [6.45, 7) is 1.76. The van der Waals surface area contributed by atoms with E-state index in [4.69, 9.17) is 0 Å². The predicted molar refractivity (Wildman–Crippen MR) is 88.1 cm³/mol. The smallest absolute Gasteiger partial charge is 0.253 e. The molecule has 1 heterocycles. The SMILES string of the molecule is CC1C(=O)NC2(CCCC2)C(=O)N1c1c(Br)cccc1Br. The molecule has 1 aromatic carbocycles. The summed E-state index contributed by atoms with van der Waals surface area (Å²) in [7, 11) is 0. The molecule has 0 aromatic heterocycles. The number of para-hydroxylation sites is 1. The van der Waals surface area contributed by atoms with Gasteiger partial charge in [-0.3, -0.25) is 14.5 Å². The van der Waals surface area contributed by atoms with Gasteiger partial charge in [-0.15, -0.1) is 0 Å². The molecular weight excluding hydrogens is 400 g/mol. The molecule has 2 fully saturated rings. The Morgan fingerprint density at radius 1 is 1.19 bits per heavy atom. The predicted octanol–water partition coefficient (Wildman–Crippen LogP) is 3.38. The number of piperazine rings is 1. The highest BCUT2D eigenvalue weighted by atomic mass is 79.9. The van der Waals surface area contributed by atoms with Gasteiger partial charge in [-0.05, 0) is 63.8 Å². The summed E-state index contributed by atoms with van der Waals surface area (Å²) in [5.74, 6) is -0.0844. The number of hydrogen-bond donors (Lipinski definition) is 1. The van der Waals surface area contributed by atoms with Gasteiger partial charge in [0.25, 0.3) is 5.91 Å². The van der Waals surface area contributed by atoms with Crippen molar-refractivity contribution in [2.75, 3.05) is 4.90 Å². The van der Waals surface area contributed by atoms with Crippen molar-refractivity contribution in [3.05, 3.63) is 27.1 Å². The summed E-state index contributed by atoms with van der Waals surface area (Å²) in [5.41, 5.74) is 0.0225. The quantitative estimate of drug-likeness (QED) is 0.764. The molecule has 4 nitrogen and oxygen atoms in total. The first-order valence-corrected chi connectivity index (χ1v) is 8.64. The number of rotatable bonds is 1. The third kappa shape index (κ3) is 2.32. The van der Waals surface area contributed by atoms with Gasteiger partial charge in [-0.25, -0.2) is 0 Å². The minimum absolute atomic E-state index is 0.000278. The Morgan fingerprint density at radius 3 is 2.33 bits per heavy atom. The molecule has 112 valence electrons. The Morgan fingerprint density at radius 2 is 1.76 bits per heavy atom. The first kappa shape index (κ1) is 15.0. The molecule has 1 atom stereocenters. The molecule has 0 radical (unpaired) electrons. The van der Waals surface area contributed by atoms with Crippen molar-refractivity contribution in [2.45, 2.75) is 44.2 Å². The second kappa shape index (κ2) is 5.39. The fourth-order valence-electron chi connectivity index (χ4n) is 3.25. The normalized spacial score (nSPS) is 24.5. The molecule has 1 unspecified atom stereocenters. The van der Waals surface area contributed by atoms with Crippen LogP contribution in [0.3, 0.4) is 0 Å². The number of carbonyl (C=O) groups excluding carboxylic acids is 2. The maximum Gasteiger partial charge on any atom is 0.253 e. The number of halogens is 2. The fourth-order valence-corrected chi connectivity index (χ4v) is 4.63. The number of benzene rings is 1. The molecule has 0 bridgehead atoms. The van der Waals surface area contributed by atoms with Crippen molar-refractivity contribution in [2.24, 2.45) is 0 Å². The molecular formula is C15H16Br2N2O2. The lowest BCUT2D eigenvalue weighted by atomic mass is 9.90. The minimum Gasteiger partial charge on any atom is -0.340 e. The van der Waals surface area contributed by atoms with E-state index in [1.807, 2.05) is 18.2 Å². The van der Waals surface area contributed by atoms with Crippen molar-refractivity contribution in [3.8, 4) is 0 Å². The molecule has 2 aliphatic rings. The van der Waals surface area contributed by atoms with Crippen LogP contribution in [0.1, 0.15) is 32.6 Å². The minimum atomic E-state index is -0.710. The molecule has 2 amide bonds. The number of hydrogen-bond acceptors (Lipinski definition) is 2. The van der Waals surface area contributed by atoms with Gasteiger partial charge in [-0.1, -0.05) is 18.9 Å². The summed E-state index contributed by atoms with van der Waals surface area (Å²) in [4.78, 5) is 27.1. The van der Waals surface area contributed by atoms with Crippen molar-refractivity contribution in [1.82, 2.24) is 5.32 Å². The number of nitrogens with zero attached hydrogens (tertiary/aromatic N) is 1. The van der Waals surface area contributed by atoms with Gasteiger partial charge in [0.1, 0.15) is 11.6 Å². The van der Waals surface area contributed by atoms with Gasteiger partial charge in [0, 0.05) is 8.95 Å². The van der Waals surface area contributed by atoms with Crippen LogP contribution in [0.15, 0.2) is 27.1 Å². The van der Waals surface area contributed by atoms with Crippen molar-refractivity contribution in [3.63, 3.8) is 0 Å². The van der Waals surface area contributed by atoms with Gasteiger partial charge < -0.3 is 5.32 Å². The van der Waals surface area contributed by atoms with Crippen molar-refractivity contribution < 1.29 is 9.59 Å². The third-order valence-corrected chi connectivity index (χ3v) is 5.67. The Bertz CT molecular complexity index is 591. The van der Waals surface area contributed by atoms with E-state index in [2.05, 4.69) is 37.2 Å². The second-order valence-electron chi connectivity index (χ2n) is 5.70. The summed E-state index contributed by atoms with van der Waals surface area (Å²) in [5, 5.41) is 2.97. The average Bonchev–Trinajstić information content (AvgIpc) is 2.89. The van der Waals surface area contributed by atoms with Gasteiger partial charge in [0.05, 0.1) is 5.69 Å². The monoisotopic (exact) mass is 414 g/mol. The fraction of sp³-hybridized carbons (Fsp3) is 0.467. The van der Waals surface area contributed by atoms with Crippen LogP contribution in [0.25, 0.3) is 0 Å². The first-order chi connectivity index (χ1) is 9.96. The lowest BCUT2D eigenvalue weighted by molar-refractivity contribution is -0.137. The largest absolute Gasteiger partial charge is 0.340 e. The molecule has 1 aliphatic carbocycles. The highest BCUT2D eigenvalue weighted by Crippen LogP contribution is 2.41. The Kier molecular flexibility index (Phi) is 3.86. The van der Waals surface area contributed by atoms with E-state index in [0.717, 1.165) is 40.3 Å². The summed E-state index contributed by atoms with van der Waals surface area (Å²) < 4.78 is 1.61. The zero-order chi connectivity index (χ0) is 15.2. The second-order valence-corrected chi connectivity index (χ2v) is 7.41. The molecule has 6 heteroatoms. The van der Waals surface area contributed by atoms with Gasteiger partial charge in [-0.2, -0.15) is 0 Å². The number of amides is 2. The number of carbonyl (C=O) groups is 2. The maximum absolute atomic E-state index is 13.1. The van der Waals surface area contributed by atoms with Crippen LogP contribution in [0, 0.1) is 0 Å². The molecule has 1 saturated carbocycles. The van der Waals surface area contributed by atoms with Crippen molar-refractivity contribution >= 4 is 49.4 Å². The summed E-state index contributed by atoms with van der Waals surface area (Å²) >= 11 is 7.00. The average molecular weight is 416 g/mol. The summed E-state index contributed by atoms with van der Waals surface area (Å²) in [6, 6.07) is 5.14. The Labute approximate surface area is 140 Å². The standard InChI is InChI=1S/C15H16Br2N2O2/c1-9-13(20)18-15(7-2-3-8-15)14(21)19(9)12-10(16)5-4-6-11(12)17/h4-6,9H,2-3,7-8H2,1H3,(H,18,20). The maximum atomic E-state index is 13.1. The van der Waals surface area contributed by atoms with Crippen LogP contribution in [-0.2, 0) is 9.59 Å². The lowest BCUT2D eigenvalue weighted by Crippen LogP contribution is -2.69. The molecule has 3 rings (SSSR count). The van der Waals surface area contributed by atoms with Crippen LogP contribution in [0.2, 0.25) is 0 Å². The van der Waals surface area contributed by atoms with Crippen LogP contribution in [0.5, 0.6) is 0 Å². The van der Waals surface area contributed by atoms with E-state index in [0.29, 0.717) is 0 Å². The summed E-state index contributed by atoms with van der Waals surface area (Å²) in [6.07, 6.45) is 3.41. The third-order valence-electron chi connectivity index (χ3n) is 4.39. The van der Waals surface area contributed by atoms with Crippen LogP contribution >= 0.6 is 31.9 Å². The lowest BCUT2D eigenvalue weighted by Gasteiger charge is -2.43. The molecule has 1 aliphatic heterocycles. The topological polar surface area (TPSA) is 49.4 Å².